The highest BCUT2D eigenvalue weighted by molar-refractivity contribution is 7.53. The lowest BCUT2D eigenvalue weighted by atomic mass is 10.0. The summed E-state index contributed by atoms with van der Waals surface area (Å²) in [4.78, 5) is 24.3. The molecule has 0 bridgehead atoms. The molecule has 0 aliphatic rings. The number of carbonyl (C=O) groups is 2. The Morgan fingerprint density at radius 2 is 0.979 bits per heavy atom. The number of ether oxygens (including phenoxy) is 1. The SMILES string of the molecule is CCCCCC=CCC=CCC=CCC=CCCCC(=O)POC(CO)COC(=O)CCCCCCCCCCCCCCCCC. The summed E-state index contributed by atoms with van der Waals surface area (Å²) in [6.45, 7) is 4.23. The lowest BCUT2D eigenvalue weighted by Crippen LogP contribution is -2.23. The second-order valence-corrected chi connectivity index (χ2v) is 13.8. The third kappa shape index (κ3) is 37.1. The molecule has 0 saturated heterocycles. The van der Waals surface area contributed by atoms with Crippen molar-refractivity contribution in [2.45, 2.75) is 187 Å². The maximum atomic E-state index is 12.2. The molecule has 47 heavy (non-hydrogen) atoms. The third-order valence-electron chi connectivity index (χ3n) is 8.19. The van der Waals surface area contributed by atoms with Gasteiger partial charge in [0.1, 0.15) is 12.7 Å². The average molecular weight is 677 g/mol. The number of aliphatic hydroxyl groups is 1. The number of unbranched alkanes of at least 4 members (excludes halogenated alkanes) is 18. The Bertz CT molecular complexity index is 804. The van der Waals surface area contributed by atoms with Crippen molar-refractivity contribution in [2.75, 3.05) is 13.2 Å². The van der Waals surface area contributed by atoms with Crippen molar-refractivity contribution in [2.24, 2.45) is 0 Å². The average Bonchev–Trinajstić information content (AvgIpc) is 3.08. The number of rotatable bonds is 36. The predicted octanol–water partition coefficient (Wildman–Crippen LogP) is 12.4. The molecule has 0 heterocycles. The van der Waals surface area contributed by atoms with Gasteiger partial charge in [0.05, 0.1) is 15.4 Å². The van der Waals surface area contributed by atoms with E-state index in [4.69, 9.17) is 9.26 Å². The van der Waals surface area contributed by atoms with E-state index in [-0.39, 0.29) is 33.5 Å². The number of aliphatic hydroxyl groups excluding tert-OH is 1. The molecule has 0 aromatic carbocycles. The van der Waals surface area contributed by atoms with Gasteiger partial charge in [-0.1, -0.05) is 165 Å². The van der Waals surface area contributed by atoms with Crippen molar-refractivity contribution in [3.63, 3.8) is 0 Å². The first-order valence-corrected chi connectivity index (χ1v) is 20.4. The van der Waals surface area contributed by atoms with Crippen molar-refractivity contribution < 1.29 is 24.0 Å². The van der Waals surface area contributed by atoms with E-state index in [0.29, 0.717) is 12.8 Å². The summed E-state index contributed by atoms with van der Waals surface area (Å²) in [5, 5.41) is 9.56. The Hall–Kier alpha value is -1.55. The number of carbonyl (C=O) groups excluding carboxylic acids is 2. The summed E-state index contributed by atoms with van der Waals surface area (Å²) in [6.07, 6.45) is 46.7. The molecule has 0 saturated carbocycles. The number of allylic oxidation sites excluding steroid dienone is 8. The van der Waals surface area contributed by atoms with Gasteiger partial charge < -0.3 is 14.4 Å². The summed E-state index contributed by atoms with van der Waals surface area (Å²) in [5.74, 6) is -0.254. The molecular formula is C41H73O5P. The number of hydrogen-bond donors (Lipinski definition) is 1. The molecule has 6 heteroatoms. The first kappa shape index (κ1) is 45.5. The van der Waals surface area contributed by atoms with E-state index in [9.17, 15) is 14.7 Å². The van der Waals surface area contributed by atoms with Crippen molar-refractivity contribution in [3.8, 4) is 0 Å². The van der Waals surface area contributed by atoms with Crippen molar-refractivity contribution >= 4 is 20.3 Å². The molecule has 0 aromatic heterocycles. The van der Waals surface area contributed by atoms with Gasteiger partial charge in [-0.05, 0) is 51.4 Å². The predicted molar refractivity (Wildman–Crippen MR) is 204 cm³/mol. The Labute approximate surface area is 292 Å². The van der Waals surface area contributed by atoms with E-state index in [1.54, 1.807) is 0 Å². The van der Waals surface area contributed by atoms with Gasteiger partial charge in [-0.15, -0.1) is 0 Å². The van der Waals surface area contributed by atoms with Crippen LogP contribution in [0.2, 0.25) is 0 Å². The first-order valence-electron chi connectivity index (χ1n) is 19.4. The monoisotopic (exact) mass is 677 g/mol. The molecule has 0 aliphatic carbocycles. The second-order valence-electron chi connectivity index (χ2n) is 12.8. The van der Waals surface area contributed by atoms with Crippen LogP contribution in [0.15, 0.2) is 48.6 Å². The largest absolute Gasteiger partial charge is 0.463 e. The van der Waals surface area contributed by atoms with E-state index in [1.165, 1.54) is 109 Å². The van der Waals surface area contributed by atoms with Crippen LogP contribution < -0.4 is 0 Å². The lowest BCUT2D eigenvalue weighted by molar-refractivity contribution is -0.146. The van der Waals surface area contributed by atoms with E-state index >= 15 is 0 Å². The van der Waals surface area contributed by atoms with Gasteiger partial charge in [0.2, 0.25) is 0 Å². The summed E-state index contributed by atoms with van der Waals surface area (Å²) in [6, 6.07) is 0. The molecule has 0 rings (SSSR count). The minimum absolute atomic E-state index is 0.00340. The molecule has 272 valence electrons. The molecular weight excluding hydrogens is 603 g/mol. The minimum Gasteiger partial charge on any atom is -0.463 e. The first-order chi connectivity index (χ1) is 23.1. The third-order valence-corrected chi connectivity index (χ3v) is 9.12. The van der Waals surface area contributed by atoms with Crippen LogP contribution in [-0.2, 0) is 18.8 Å². The van der Waals surface area contributed by atoms with Gasteiger partial charge in [0.15, 0.2) is 5.52 Å². The topological polar surface area (TPSA) is 72.8 Å². The lowest BCUT2D eigenvalue weighted by Gasteiger charge is -2.15. The zero-order chi connectivity index (χ0) is 34.3. The highest BCUT2D eigenvalue weighted by atomic mass is 31.1. The molecule has 5 nitrogen and oxygen atoms in total. The van der Waals surface area contributed by atoms with E-state index < -0.39 is 6.10 Å². The highest BCUT2D eigenvalue weighted by Crippen LogP contribution is 2.21. The zero-order valence-electron chi connectivity index (χ0n) is 30.6. The minimum atomic E-state index is -0.643. The van der Waals surface area contributed by atoms with Gasteiger partial charge in [0, 0.05) is 12.8 Å². The normalized spacial score (nSPS) is 13.0. The molecule has 0 aromatic rings. The molecule has 1 N–H and O–H groups in total. The number of esters is 1. The molecule has 2 unspecified atom stereocenters. The number of hydrogen-bond acceptors (Lipinski definition) is 5. The second kappa shape index (κ2) is 38.9. The van der Waals surface area contributed by atoms with Gasteiger partial charge in [-0.3, -0.25) is 9.59 Å². The van der Waals surface area contributed by atoms with Crippen LogP contribution in [0.3, 0.4) is 0 Å². The smallest absolute Gasteiger partial charge is 0.305 e. The molecule has 0 amide bonds. The fourth-order valence-corrected chi connectivity index (χ4v) is 5.88. The zero-order valence-corrected chi connectivity index (χ0v) is 31.6. The van der Waals surface area contributed by atoms with E-state index in [1.807, 2.05) is 0 Å². The van der Waals surface area contributed by atoms with Crippen LogP contribution in [0.5, 0.6) is 0 Å². The van der Waals surface area contributed by atoms with Crippen LogP contribution in [-0.4, -0.2) is 35.9 Å². The van der Waals surface area contributed by atoms with Crippen molar-refractivity contribution in [1.29, 1.82) is 0 Å². The standard InChI is InChI=1S/C41H73O5P/c1-3-5-7-9-11-13-15-17-19-20-22-24-26-28-30-32-34-36-41(44)47-46-39(37-42)38-45-40(43)35-33-31-29-27-25-23-21-18-16-14-12-10-8-6-4-2/h11,13,17,19,22,24,28,30,39,42,47H,3-10,12,14-16,18,20-21,23,25-27,29,31-38H2,1-2H3. The van der Waals surface area contributed by atoms with Gasteiger partial charge in [-0.25, -0.2) is 0 Å². The summed E-state index contributed by atoms with van der Waals surface area (Å²) < 4.78 is 10.8. The molecule has 0 fully saturated rings. The van der Waals surface area contributed by atoms with E-state index in [2.05, 4.69) is 62.5 Å². The van der Waals surface area contributed by atoms with E-state index in [0.717, 1.165) is 44.9 Å². The Kier molecular flexibility index (Phi) is 37.6. The van der Waals surface area contributed by atoms with Crippen molar-refractivity contribution in [3.05, 3.63) is 48.6 Å². The summed E-state index contributed by atoms with van der Waals surface area (Å²) in [7, 11) is -0.330. The fraction of sp³-hybridized carbons (Fsp3) is 0.756. The van der Waals surface area contributed by atoms with Crippen LogP contribution >= 0.6 is 8.81 Å². The molecule has 0 spiro atoms. The van der Waals surface area contributed by atoms with Gasteiger partial charge in [-0.2, -0.15) is 0 Å². The summed E-state index contributed by atoms with van der Waals surface area (Å²) >= 11 is 0. The van der Waals surface area contributed by atoms with Crippen molar-refractivity contribution in [1.82, 2.24) is 0 Å². The quantitative estimate of drug-likeness (QED) is 0.0309. The van der Waals surface area contributed by atoms with Crippen LogP contribution in [0.4, 0.5) is 0 Å². The Morgan fingerprint density at radius 3 is 1.47 bits per heavy atom. The van der Waals surface area contributed by atoms with Gasteiger partial charge in [0.25, 0.3) is 0 Å². The Morgan fingerprint density at radius 1 is 0.553 bits per heavy atom. The van der Waals surface area contributed by atoms with Crippen LogP contribution in [0, 0.1) is 0 Å². The maximum Gasteiger partial charge on any atom is 0.305 e. The molecule has 0 radical (unpaired) electrons. The Balaban J connectivity index is 3.64. The fourth-order valence-electron chi connectivity index (χ4n) is 5.16. The summed E-state index contributed by atoms with van der Waals surface area (Å²) in [5.41, 5.74) is 0.0310. The molecule has 2 atom stereocenters. The maximum absolute atomic E-state index is 12.2. The molecule has 0 aliphatic heterocycles. The van der Waals surface area contributed by atoms with Gasteiger partial charge >= 0.3 is 5.97 Å². The highest BCUT2D eigenvalue weighted by Gasteiger charge is 2.14. The van der Waals surface area contributed by atoms with Crippen LogP contribution in [0.1, 0.15) is 181 Å². The van der Waals surface area contributed by atoms with Crippen LogP contribution in [0.25, 0.3) is 0 Å².